The quantitative estimate of drug-likeness (QED) is 0.196. The van der Waals surface area contributed by atoms with Crippen molar-refractivity contribution in [2.24, 2.45) is 0 Å². The molecule has 0 amide bonds. The zero-order chi connectivity index (χ0) is 34.0. The number of aromatic nitrogens is 3. The summed E-state index contributed by atoms with van der Waals surface area (Å²) in [5.41, 5.74) is 9.97. The number of ether oxygens (including phenoxy) is 1. The van der Waals surface area contributed by atoms with E-state index in [-0.39, 0.29) is 5.56 Å². The maximum atomic E-state index is 7.96. The van der Waals surface area contributed by atoms with Gasteiger partial charge >= 0.3 is 0 Å². The molecular formula is C40H35N5O. The smallest absolute Gasteiger partial charge is 0.158 e. The molecule has 0 spiro atoms. The molecule has 8 rings (SSSR count). The van der Waals surface area contributed by atoms with Crippen LogP contribution in [0.4, 0.5) is 22.9 Å². The molecule has 4 heterocycles. The van der Waals surface area contributed by atoms with Crippen LogP contribution in [0.3, 0.4) is 0 Å². The highest BCUT2D eigenvalue weighted by Gasteiger charge is 2.31. The van der Waals surface area contributed by atoms with Crippen molar-refractivity contribution in [3.8, 4) is 17.3 Å². The van der Waals surface area contributed by atoms with Gasteiger partial charge in [0.25, 0.3) is 0 Å². The Morgan fingerprint density at radius 3 is 2.35 bits per heavy atom. The number of rotatable bonds is 5. The molecule has 4 aromatic carbocycles. The van der Waals surface area contributed by atoms with Crippen LogP contribution in [0.1, 0.15) is 32.1 Å². The van der Waals surface area contributed by atoms with Gasteiger partial charge in [-0.25, -0.2) is 9.97 Å². The number of fused-ring (bicyclic) bond motifs is 4. The van der Waals surface area contributed by atoms with Crippen LogP contribution in [0.15, 0.2) is 109 Å². The van der Waals surface area contributed by atoms with E-state index in [1.807, 2.05) is 60.0 Å². The second kappa shape index (κ2) is 10.8. The number of nitrogens with zero attached hydrogens (tertiary/aromatic N) is 5. The number of hydrogen-bond acceptors (Lipinski definition) is 5. The highest BCUT2D eigenvalue weighted by atomic mass is 16.5. The highest BCUT2D eigenvalue weighted by molar-refractivity contribution is 6.09. The van der Waals surface area contributed by atoms with Gasteiger partial charge in [-0.15, -0.1) is 0 Å². The van der Waals surface area contributed by atoms with Gasteiger partial charge in [-0.2, -0.15) is 0 Å². The molecule has 0 atom stereocenters. The predicted octanol–water partition coefficient (Wildman–Crippen LogP) is 10.2. The van der Waals surface area contributed by atoms with Gasteiger partial charge in [0.1, 0.15) is 24.0 Å². The Morgan fingerprint density at radius 1 is 0.696 bits per heavy atom. The molecule has 6 heteroatoms. The van der Waals surface area contributed by atoms with E-state index in [0.29, 0.717) is 24.0 Å². The fourth-order valence-corrected chi connectivity index (χ4v) is 6.88. The Labute approximate surface area is 273 Å². The van der Waals surface area contributed by atoms with Crippen LogP contribution < -0.4 is 14.5 Å². The lowest BCUT2D eigenvalue weighted by atomic mass is 10.0. The van der Waals surface area contributed by atoms with Crippen molar-refractivity contribution in [3.63, 3.8) is 0 Å². The minimum Gasteiger partial charge on any atom is -0.457 e. The summed E-state index contributed by atoms with van der Waals surface area (Å²) in [6, 6.07) is 34.1. The number of aryl methyl sites for hydroxylation is 5. The van der Waals surface area contributed by atoms with Gasteiger partial charge < -0.3 is 14.5 Å². The molecule has 46 heavy (non-hydrogen) atoms. The third-order valence-electron chi connectivity index (χ3n) is 8.71. The molecule has 1 aliphatic heterocycles. The first-order valence-electron chi connectivity index (χ1n) is 16.9. The summed E-state index contributed by atoms with van der Waals surface area (Å²) in [6.45, 7) is 6.88. The lowest BCUT2D eigenvalue weighted by Gasteiger charge is -2.25. The van der Waals surface area contributed by atoms with Crippen molar-refractivity contribution >= 4 is 44.7 Å². The largest absolute Gasteiger partial charge is 0.457 e. The van der Waals surface area contributed by atoms with E-state index >= 15 is 0 Å². The zero-order valence-electron chi connectivity index (χ0n) is 29.2. The summed E-state index contributed by atoms with van der Waals surface area (Å²) in [5, 5.41) is 2.07. The monoisotopic (exact) mass is 604 g/mol. The lowest BCUT2D eigenvalue weighted by Crippen LogP contribution is -2.25. The van der Waals surface area contributed by atoms with E-state index < -0.39 is 6.85 Å². The highest BCUT2D eigenvalue weighted by Crippen LogP contribution is 2.46. The second-order valence-electron chi connectivity index (χ2n) is 12.1. The molecule has 0 N–H and O–H groups in total. The summed E-state index contributed by atoms with van der Waals surface area (Å²) in [5.74, 6) is 2.80. The molecule has 6 nitrogen and oxygen atoms in total. The molecule has 0 radical (unpaired) electrons. The predicted molar refractivity (Wildman–Crippen MR) is 189 cm³/mol. The maximum absolute atomic E-state index is 7.96. The van der Waals surface area contributed by atoms with Crippen LogP contribution in [-0.4, -0.2) is 21.2 Å². The summed E-state index contributed by atoms with van der Waals surface area (Å²) < 4.78 is 32.4. The molecule has 1 aliphatic rings. The van der Waals surface area contributed by atoms with Crippen LogP contribution in [0, 0.1) is 34.5 Å². The molecule has 7 aromatic rings. The van der Waals surface area contributed by atoms with Gasteiger partial charge in [-0.3, -0.25) is 4.57 Å². The number of pyridine rings is 2. The molecule has 3 aromatic heterocycles. The molecule has 0 saturated carbocycles. The Kier molecular flexibility index (Phi) is 5.78. The van der Waals surface area contributed by atoms with Crippen molar-refractivity contribution in [1.82, 2.24) is 14.5 Å². The fourth-order valence-electron chi connectivity index (χ4n) is 6.88. The molecule has 226 valence electrons. The first-order valence-corrected chi connectivity index (χ1v) is 15.4. The van der Waals surface area contributed by atoms with E-state index in [1.165, 1.54) is 22.4 Å². The van der Waals surface area contributed by atoms with Gasteiger partial charge in [0.15, 0.2) is 5.82 Å². The van der Waals surface area contributed by atoms with Crippen LogP contribution in [0.5, 0.6) is 11.5 Å². The van der Waals surface area contributed by atoms with Gasteiger partial charge in [-0.1, -0.05) is 42.0 Å². The molecule has 0 saturated heterocycles. The lowest BCUT2D eigenvalue weighted by molar-refractivity contribution is 0.483. The average molecular weight is 605 g/mol. The maximum Gasteiger partial charge on any atom is 0.158 e. The summed E-state index contributed by atoms with van der Waals surface area (Å²) >= 11 is 0. The molecule has 0 aliphatic carbocycles. The Bertz CT molecular complexity index is 2390. The van der Waals surface area contributed by atoms with Crippen LogP contribution in [0.25, 0.3) is 27.6 Å². The Morgan fingerprint density at radius 2 is 1.50 bits per heavy atom. The minimum atomic E-state index is -2.24. The van der Waals surface area contributed by atoms with E-state index in [0.717, 1.165) is 44.7 Å². The van der Waals surface area contributed by atoms with E-state index in [2.05, 4.69) is 78.0 Å². The third kappa shape index (κ3) is 4.65. The van der Waals surface area contributed by atoms with E-state index in [9.17, 15) is 0 Å². The average Bonchev–Trinajstić information content (AvgIpc) is 3.59. The second-order valence-corrected chi connectivity index (χ2v) is 12.1. The summed E-state index contributed by atoms with van der Waals surface area (Å²) in [4.78, 5) is 14.2. The molecular weight excluding hydrogens is 566 g/mol. The van der Waals surface area contributed by atoms with Crippen molar-refractivity contribution in [1.29, 1.82) is 0 Å². The van der Waals surface area contributed by atoms with Gasteiger partial charge in [0.05, 0.1) is 16.7 Å². The van der Waals surface area contributed by atoms with E-state index in [4.69, 9.17) is 13.8 Å². The Balaban J connectivity index is 1.17. The topological polar surface area (TPSA) is 46.4 Å². The summed E-state index contributed by atoms with van der Waals surface area (Å²) in [7, 11) is 0. The van der Waals surface area contributed by atoms with Crippen LogP contribution >= 0.6 is 0 Å². The van der Waals surface area contributed by atoms with Gasteiger partial charge in [0.2, 0.25) is 0 Å². The number of hydrogen-bond donors (Lipinski definition) is 0. The minimum absolute atomic E-state index is 0.243. The molecule has 0 unspecified atom stereocenters. The molecule has 0 fully saturated rings. The van der Waals surface area contributed by atoms with Crippen LogP contribution in [0.2, 0.25) is 0 Å². The van der Waals surface area contributed by atoms with Gasteiger partial charge in [-0.05, 0) is 106 Å². The van der Waals surface area contributed by atoms with E-state index in [1.54, 1.807) is 18.3 Å². The van der Waals surface area contributed by atoms with Crippen molar-refractivity contribution in [3.05, 3.63) is 137 Å². The Hall–Kier alpha value is -5.62. The fraction of sp³-hybridized carbons (Fsp3) is 0.150. The van der Waals surface area contributed by atoms with Crippen molar-refractivity contribution in [2.45, 2.75) is 34.5 Å². The SMILES string of the molecule is [2H]C([2H])([2H])c1ccnc(-n2c3ccccc3c3ccc(Oc4cccc(N5CN(c6c(C)cc(C)cc6C)c6ccc(C)nc65)c4)cc32)c1. The van der Waals surface area contributed by atoms with Crippen molar-refractivity contribution in [2.75, 3.05) is 16.5 Å². The number of para-hydroxylation sites is 1. The first-order chi connectivity index (χ1) is 23.5. The number of anilines is 4. The first kappa shape index (κ1) is 24.7. The molecule has 0 bridgehead atoms. The van der Waals surface area contributed by atoms with Crippen LogP contribution in [-0.2, 0) is 0 Å². The normalized spacial score (nSPS) is 14.0. The third-order valence-corrected chi connectivity index (χ3v) is 8.71. The van der Waals surface area contributed by atoms with Crippen molar-refractivity contribution < 1.29 is 8.85 Å². The summed E-state index contributed by atoms with van der Waals surface area (Å²) in [6.07, 6.45) is 1.55. The van der Waals surface area contributed by atoms with Gasteiger partial charge in [0, 0.05) is 50.3 Å². The standard InChI is InChI=1S/C40H35N5O/c1-25-17-18-41-38(21-25)45-35-12-7-6-11-33(35)34-15-14-32(23-37(34)45)46-31-10-8-9-30(22-31)43-24-44(36-16-13-29(5)42-40(36)43)39-27(3)19-26(2)20-28(39)4/h6-23H,24H2,1-5H3/i1D3. The zero-order valence-corrected chi connectivity index (χ0v) is 26.2. The number of benzene rings is 4.